The number of halogens is 1. The van der Waals surface area contributed by atoms with Crippen LogP contribution < -0.4 is 4.74 Å². The number of para-hydroxylation sites is 1. The van der Waals surface area contributed by atoms with E-state index in [2.05, 4.69) is 15.9 Å². The van der Waals surface area contributed by atoms with Gasteiger partial charge < -0.3 is 9.84 Å². The highest BCUT2D eigenvalue weighted by molar-refractivity contribution is 9.10. The van der Waals surface area contributed by atoms with Gasteiger partial charge in [0.15, 0.2) is 0 Å². The number of hydrogen-bond acceptors (Lipinski definition) is 2. The van der Waals surface area contributed by atoms with Crippen LogP contribution in [0.5, 0.6) is 5.75 Å². The Balaban J connectivity index is 2.37. The number of benzene rings is 2. The van der Waals surface area contributed by atoms with Crippen LogP contribution >= 0.6 is 15.9 Å². The van der Waals surface area contributed by atoms with Gasteiger partial charge in [-0.05, 0) is 44.0 Å². The molecule has 1 N–H and O–H groups in total. The SMILES string of the molecule is Cc1cc(C(O)c2ccccc2OC(C)C)ccc1Br. The minimum absolute atomic E-state index is 0.0787. The third kappa shape index (κ3) is 3.41. The molecule has 0 aliphatic carbocycles. The van der Waals surface area contributed by atoms with Crippen molar-refractivity contribution in [3.05, 3.63) is 63.6 Å². The van der Waals surface area contributed by atoms with Crippen molar-refractivity contribution in [1.29, 1.82) is 0 Å². The first kappa shape index (κ1) is 15.1. The molecule has 2 rings (SSSR count). The average Bonchev–Trinajstić information content (AvgIpc) is 2.41. The number of hydrogen-bond donors (Lipinski definition) is 1. The Morgan fingerprint density at radius 1 is 1.10 bits per heavy atom. The third-order valence-corrected chi connectivity index (χ3v) is 3.96. The molecule has 1 atom stereocenters. The Morgan fingerprint density at radius 2 is 1.80 bits per heavy atom. The lowest BCUT2D eigenvalue weighted by Gasteiger charge is -2.18. The quantitative estimate of drug-likeness (QED) is 0.883. The first-order chi connectivity index (χ1) is 9.49. The predicted molar refractivity (Wildman–Crippen MR) is 85.1 cm³/mol. The van der Waals surface area contributed by atoms with Crippen LogP contribution in [0.3, 0.4) is 0 Å². The molecule has 3 heteroatoms. The van der Waals surface area contributed by atoms with Crippen LogP contribution in [0.15, 0.2) is 46.9 Å². The van der Waals surface area contributed by atoms with Crippen molar-refractivity contribution in [2.75, 3.05) is 0 Å². The lowest BCUT2D eigenvalue weighted by Crippen LogP contribution is -2.10. The zero-order valence-electron chi connectivity index (χ0n) is 11.9. The Bertz CT molecular complexity index is 593. The molecule has 0 spiro atoms. The van der Waals surface area contributed by atoms with Crippen LogP contribution in [0, 0.1) is 6.92 Å². The van der Waals surface area contributed by atoms with E-state index in [-0.39, 0.29) is 6.10 Å². The summed E-state index contributed by atoms with van der Waals surface area (Å²) in [4.78, 5) is 0. The highest BCUT2D eigenvalue weighted by Gasteiger charge is 2.16. The fraction of sp³-hybridized carbons (Fsp3) is 0.294. The first-order valence-electron chi connectivity index (χ1n) is 6.68. The van der Waals surface area contributed by atoms with E-state index in [1.54, 1.807) is 0 Å². The third-order valence-electron chi connectivity index (χ3n) is 3.07. The number of ether oxygens (including phenoxy) is 1. The Labute approximate surface area is 128 Å². The zero-order chi connectivity index (χ0) is 14.7. The molecule has 0 saturated heterocycles. The summed E-state index contributed by atoms with van der Waals surface area (Å²) in [5, 5.41) is 10.6. The van der Waals surface area contributed by atoms with Gasteiger partial charge in [0.1, 0.15) is 11.9 Å². The van der Waals surface area contributed by atoms with E-state index in [1.165, 1.54) is 0 Å². The topological polar surface area (TPSA) is 29.5 Å². The number of rotatable bonds is 4. The molecule has 0 aliphatic rings. The van der Waals surface area contributed by atoms with E-state index in [0.717, 1.165) is 26.9 Å². The molecule has 0 amide bonds. The predicted octanol–water partition coefficient (Wildman–Crippen LogP) is 4.63. The minimum atomic E-state index is -0.684. The minimum Gasteiger partial charge on any atom is -0.491 e. The maximum Gasteiger partial charge on any atom is 0.125 e. The Kier molecular flexibility index (Phi) is 4.84. The van der Waals surface area contributed by atoms with Crippen LogP contribution in [0.4, 0.5) is 0 Å². The number of aryl methyl sites for hydroxylation is 1. The van der Waals surface area contributed by atoms with Gasteiger partial charge in [0.2, 0.25) is 0 Å². The summed E-state index contributed by atoms with van der Waals surface area (Å²) >= 11 is 3.48. The first-order valence-corrected chi connectivity index (χ1v) is 7.48. The molecule has 2 aromatic rings. The second kappa shape index (κ2) is 6.42. The van der Waals surface area contributed by atoms with Crippen molar-refractivity contribution >= 4 is 15.9 Å². The second-order valence-corrected chi connectivity index (χ2v) is 5.97. The van der Waals surface area contributed by atoms with Crippen molar-refractivity contribution in [2.45, 2.75) is 33.0 Å². The molecule has 106 valence electrons. The summed E-state index contributed by atoms with van der Waals surface area (Å²) in [6, 6.07) is 13.5. The maximum absolute atomic E-state index is 10.6. The van der Waals surface area contributed by atoms with E-state index < -0.39 is 6.10 Å². The average molecular weight is 335 g/mol. The van der Waals surface area contributed by atoms with Gasteiger partial charge in [0.05, 0.1) is 6.10 Å². The summed E-state index contributed by atoms with van der Waals surface area (Å²) in [7, 11) is 0. The zero-order valence-corrected chi connectivity index (χ0v) is 13.5. The fourth-order valence-electron chi connectivity index (χ4n) is 2.09. The summed E-state index contributed by atoms with van der Waals surface area (Å²) in [6.07, 6.45) is -0.605. The highest BCUT2D eigenvalue weighted by Crippen LogP contribution is 2.32. The highest BCUT2D eigenvalue weighted by atomic mass is 79.9. The van der Waals surface area contributed by atoms with Gasteiger partial charge in [-0.2, -0.15) is 0 Å². The monoisotopic (exact) mass is 334 g/mol. The van der Waals surface area contributed by atoms with Gasteiger partial charge >= 0.3 is 0 Å². The summed E-state index contributed by atoms with van der Waals surface area (Å²) < 4.78 is 6.81. The van der Waals surface area contributed by atoms with Crippen LogP contribution in [0.25, 0.3) is 0 Å². The van der Waals surface area contributed by atoms with Crippen LogP contribution in [-0.4, -0.2) is 11.2 Å². The second-order valence-electron chi connectivity index (χ2n) is 5.12. The molecule has 0 aliphatic heterocycles. The molecule has 0 heterocycles. The fourth-order valence-corrected chi connectivity index (χ4v) is 2.33. The summed E-state index contributed by atoms with van der Waals surface area (Å²) in [5.41, 5.74) is 2.76. The van der Waals surface area contributed by atoms with Gasteiger partial charge in [-0.3, -0.25) is 0 Å². The molecule has 0 radical (unpaired) electrons. The molecule has 0 fully saturated rings. The van der Waals surface area contributed by atoms with Crippen molar-refractivity contribution < 1.29 is 9.84 Å². The van der Waals surface area contributed by atoms with E-state index in [9.17, 15) is 5.11 Å². The number of aliphatic hydroxyl groups excluding tert-OH is 1. The molecule has 1 unspecified atom stereocenters. The molecule has 2 nitrogen and oxygen atoms in total. The van der Waals surface area contributed by atoms with E-state index in [4.69, 9.17) is 4.74 Å². The van der Waals surface area contributed by atoms with Gasteiger partial charge in [-0.1, -0.05) is 46.3 Å². The largest absolute Gasteiger partial charge is 0.491 e. The molecule has 20 heavy (non-hydrogen) atoms. The molecule has 0 saturated carbocycles. The van der Waals surface area contributed by atoms with Crippen molar-refractivity contribution in [1.82, 2.24) is 0 Å². The lowest BCUT2D eigenvalue weighted by atomic mass is 9.99. The van der Waals surface area contributed by atoms with Gasteiger partial charge in [0.25, 0.3) is 0 Å². The number of aliphatic hydroxyl groups is 1. The molecular formula is C17H19BrO2. The van der Waals surface area contributed by atoms with Crippen molar-refractivity contribution in [2.24, 2.45) is 0 Å². The smallest absolute Gasteiger partial charge is 0.125 e. The Morgan fingerprint density at radius 3 is 2.45 bits per heavy atom. The van der Waals surface area contributed by atoms with Crippen LogP contribution in [0.2, 0.25) is 0 Å². The lowest BCUT2D eigenvalue weighted by molar-refractivity contribution is 0.198. The molecular weight excluding hydrogens is 316 g/mol. The molecule has 0 bridgehead atoms. The summed E-state index contributed by atoms with van der Waals surface area (Å²) in [6.45, 7) is 5.97. The molecule has 0 aromatic heterocycles. The Hall–Kier alpha value is -1.32. The van der Waals surface area contributed by atoms with E-state index >= 15 is 0 Å². The van der Waals surface area contributed by atoms with Gasteiger partial charge in [-0.25, -0.2) is 0 Å². The summed E-state index contributed by atoms with van der Waals surface area (Å²) in [5.74, 6) is 0.732. The van der Waals surface area contributed by atoms with Gasteiger partial charge in [0, 0.05) is 10.0 Å². The van der Waals surface area contributed by atoms with E-state index in [1.807, 2.05) is 63.2 Å². The normalized spacial score (nSPS) is 12.5. The van der Waals surface area contributed by atoms with Crippen molar-refractivity contribution in [3.8, 4) is 5.75 Å². The van der Waals surface area contributed by atoms with Crippen LogP contribution in [0.1, 0.15) is 36.6 Å². The van der Waals surface area contributed by atoms with E-state index in [0.29, 0.717) is 0 Å². The standard InChI is InChI=1S/C17H19BrO2/c1-11(2)20-16-7-5-4-6-14(16)17(19)13-8-9-15(18)12(3)10-13/h4-11,17,19H,1-3H3. The maximum atomic E-state index is 10.6. The van der Waals surface area contributed by atoms with Crippen molar-refractivity contribution in [3.63, 3.8) is 0 Å². The van der Waals surface area contributed by atoms with Crippen LogP contribution in [-0.2, 0) is 0 Å². The molecule has 2 aromatic carbocycles. The van der Waals surface area contributed by atoms with Gasteiger partial charge in [-0.15, -0.1) is 0 Å².